The van der Waals surface area contributed by atoms with E-state index in [2.05, 4.69) is 67.3 Å². The lowest BCUT2D eigenvalue weighted by atomic mass is 9.91. The minimum absolute atomic E-state index is 0. The summed E-state index contributed by atoms with van der Waals surface area (Å²) < 4.78 is 5.94. The fourth-order valence-electron chi connectivity index (χ4n) is 4.21. The SMILES string of the molecule is CC1(C)CC(N(CCCC(C#N)c2ccccc2)Cc2ccccc2)CCO1.Cl. The summed E-state index contributed by atoms with van der Waals surface area (Å²) in [5.74, 6) is -0.0223. The van der Waals surface area contributed by atoms with E-state index in [0.717, 1.165) is 50.9 Å². The van der Waals surface area contributed by atoms with Crippen LogP contribution >= 0.6 is 12.4 Å². The van der Waals surface area contributed by atoms with Gasteiger partial charge in [0.05, 0.1) is 17.6 Å². The summed E-state index contributed by atoms with van der Waals surface area (Å²) in [4.78, 5) is 2.61. The van der Waals surface area contributed by atoms with Crippen LogP contribution in [0.3, 0.4) is 0 Å². The van der Waals surface area contributed by atoms with Crippen LogP contribution in [0.4, 0.5) is 0 Å². The fraction of sp³-hybridized carbons (Fsp3) is 0.480. The first-order chi connectivity index (χ1) is 13.6. The molecular formula is C25H33ClN2O. The lowest BCUT2D eigenvalue weighted by Crippen LogP contribution is -2.46. The van der Waals surface area contributed by atoms with Crippen LogP contribution in [0.15, 0.2) is 60.7 Å². The van der Waals surface area contributed by atoms with Crippen molar-refractivity contribution in [2.75, 3.05) is 13.2 Å². The molecule has 1 aliphatic rings. The van der Waals surface area contributed by atoms with Crippen molar-refractivity contribution in [1.82, 2.24) is 4.90 Å². The molecule has 2 atom stereocenters. The van der Waals surface area contributed by atoms with Gasteiger partial charge in [0.15, 0.2) is 0 Å². The van der Waals surface area contributed by atoms with Crippen LogP contribution in [0, 0.1) is 11.3 Å². The molecule has 0 N–H and O–H groups in total. The molecule has 0 spiro atoms. The largest absolute Gasteiger partial charge is 0.375 e. The molecule has 0 saturated carbocycles. The molecule has 0 bridgehead atoms. The third-order valence-electron chi connectivity index (χ3n) is 5.71. The predicted molar refractivity (Wildman–Crippen MR) is 121 cm³/mol. The Morgan fingerprint density at radius 3 is 2.38 bits per heavy atom. The number of hydrogen-bond acceptors (Lipinski definition) is 3. The maximum Gasteiger partial charge on any atom is 0.0713 e. The summed E-state index contributed by atoms with van der Waals surface area (Å²) >= 11 is 0. The first-order valence-corrected chi connectivity index (χ1v) is 10.4. The van der Waals surface area contributed by atoms with E-state index in [4.69, 9.17) is 4.74 Å². The first kappa shape index (κ1) is 23.4. The van der Waals surface area contributed by atoms with Crippen molar-refractivity contribution in [2.24, 2.45) is 0 Å². The van der Waals surface area contributed by atoms with Crippen molar-refractivity contribution in [3.63, 3.8) is 0 Å². The Morgan fingerprint density at radius 2 is 1.76 bits per heavy atom. The molecule has 1 fully saturated rings. The average molecular weight is 413 g/mol. The zero-order chi connectivity index (χ0) is 19.8. The van der Waals surface area contributed by atoms with Crippen molar-refractivity contribution in [2.45, 2.75) is 63.6 Å². The molecule has 3 nitrogen and oxygen atoms in total. The van der Waals surface area contributed by atoms with Crippen LogP contribution in [0.5, 0.6) is 0 Å². The van der Waals surface area contributed by atoms with E-state index in [-0.39, 0.29) is 23.9 Å². The van der Waals surface area contributed by atoms with E-state index in [1.54, 1.807) is 0 Å². The molecule has 2 unspecified atom stereocenters. The Labute approximate surface area is 182 Å². The highest BCUT2D eigenvalue weighted by Gasteiger charge is 2.32. The molecule has 0 amide bonds. The Morgan fingerprint density at radius 1 is 1.10 bits per heavy atom. The maximum atomic E-state index is 9.62. The van der Waals surface area contributed by atoms with Crippen LogP contribution in [0.2, 0.25) is 0 Å². The molecule has 156 valence electrons. The summed E-state index contributed by atoms with van der Waals surface area (Å²) in [6, 6.07) is 23.9. The number of ether oxygens (including phenoxy) is 1. The number of nitriles is 1. The summed E-state index contributed by atoms with van der Waals surface area (Å²) in [6.07, 6.45) is 4.06. The number of nitrogens with zero attached hydrogens (tertiary/aromatic N) is 2. The third-order valence-corrected chi connectivity index (χ3v) is 5.71. The molecule has 0 aliphatic carbocycles. The fourth-order valence-corrected chi connectivity index (χ4v) is 4.21. The van der Waals surface area contributed by atoms with E-state index in [1.165, 1.54) is 5.56 Å². The molecule has 2 aromatic rings. The molecule has 0 aromatic heterocycles. The standard InChI is InChI=1S/C25H32N2O.ClH/c1-25(2)18-24(15-17-28-25)27(20-21-10-5-3-6-11-21)16-9-14-23(19-26)22-12-7-4-8-13-22;/h3-8,10-13,23-24H,9,14-18,20H2,1-2H3;1H. The minimum atomic E-state index is -0.0584. The molecular weight excluding hydrogens is 380 g/mol. The number of hydrogen-bond donors (Lipinski definition) is 0. The van der Waals surface area contributed by atoms with Gasteiger partial charge >= 0.3 is 0 Å². The smallest absolute Gasteiger partial charge is 0.0713 e. The van der Waals surface area contributed by atoms with E-state index >= 15 is 0 Å². The molecule has 1 saturated heterocycles. The summed E-state index contributed by atoms with van der Waals surface area (Å²) in [5.41, 5.74) is 2.43. The summed E-state index contributed by atoms with van der Waals surface area (Å²) in [7, 11) is 0. The maximum absolute atomic E-state index is 9.62. The molecule has 2 aromatic carbocycles. The number of benzene rings is 2. The topological polar surface area (TPSA) is 36.3 Å². The van der Waals surface area contributed by atoms with Crippen LogP contribution < -0.4 is 0 Å². The number of halogens is 1. The summed E-state index contributed by atoms with van der Waals surface area (Å²) in [6.45, 7) is 7.19. The van der Waals surface area contributed by atoms with Crippen molar-refractivity contribution in [1.29, 1.82) is 5.26 Å². The molecule has 1 aliphatic heterocycles. The van der Waals surface area contributed by atoms with Gasteiger partial charge in [-0.2, -0.15) is 5.26 Å². The van der Waals surface area contributed by atoms with E-state index < -0.39 is 0 Å². The van der Waals surface area contributed by atoms with Gasteiger partial charge in [-0.3, -0.25) is 4.90 Å². The van der Waals surface area contributed by atoms with Crippen molar-refractivity contribution in [3.8, 4) is 6.07 Å². The van der Waals surface area contributed by atoms with Gasteiger partial charge in [-0.05, 0) is 57.2 Å². The second kappa shape index (κ2) is 11.4. The third kappa shape index (κ3) is 7.16. The Kier molecular flexibility index (Phi) is 9.17. The Balaban J connectivity index is 0.00000300. The van der Waals surface area contributed by atoms with Crippen LogP contribution in [0.25, 0.3) is 0 Å². The highest BCUT2D eigenvalue weighted by Crippen LogP contribution is 2.29. The van der Waals surface area contributed by atoms with Gasteiger partial charge < -0.3 is 4.74 Å². The Hall–Kier alpha value is -1.86. The molecule has 1 heterocycles. The lowest BCUT2D eigenvalue weighted by molar-refractivity contribution is -0.0847. The Bertz CT molecular complexity index is 757. The van der Waals surface area contributed by atoms with Gasteiger partial charge in [0.25, 0.3) is 0 Å². The van der Waals surface area contributed by atoms with E-state index in [1.807, 2.05) is 18.2 Å². The normalized spacial score (nSPS) is 19.2. The zero-order valence-electron chi connectivity index (χ0n) is 17.6. The number of rotatable bonds is 8. The second-order valence-corrected chi connectivity index (χ2v) is 8.45. The van der Waals surface area contributed by atoms with E-state index in [0.29, 0.717) is 6.04 Å². The minimum Gasteiger partial charge on any atom is -0.375 e. The molecule has 29 heavy (non-hydrogen) atoms. The molecule has 3 rings (SSSR count). The molecule has 4 heteroatoms. The quantitative estimate of drug-likeness (QED) is 0.537. The van der Waals surface area contributed by atoms with Gasteiger partial charge in [0, 0.05) is 19.2 Å². The van der Waals surface area contributed by atoms with Crippen molar-refractivity contribution < 1.29 is 4.74 Å². The van der Waals surface area contributed by atoms with Crippen LogP contribution in [0.1, 0.15) is 56.6 Å². The van der Waals surface area contributed by atoms with Gasteiger partial charge in [-0.15, -0.1) is 12.4 Å². The van der Waals surface area contributed by atoms with Crippen LogP contribution in [-0.2, 0) is 11.3 Å². The highest BCUT2D eigenvalue weighted by atomic mass is 35.5. The van der Waals surface area contributed by atoms with Gasteiger partial charge in [0.1, 0.15) is 0 Å². The summed E-state index contributed by atoms with van der Waals surface area (Å²) in [5, 5.41) is 9.62. The first-order valence-electron chi connectivity index (χ1n) is 10.4. The van der Waals surface area contributed by atoms with Gasteiger partial charge in [0.2, 0.25) is 0 Å². The van der Waals surface area contributed by atoms with Gasteiger partial charge in [-0.25, -0.2) is 0 Å². The average Bonchev–Trinajstić information content (AvgIpc) is 2.71. The zero-order valence-corrected chi connectivity index (χ0v) is 18.4. The van der Waals surface area contributed by atoms with Crippen molar-refractivity contribution >= 4 is 12.4 Å². The van der Waals surface area contributed by atoms with Crippen LogP contribution in [-0.4, -0.2) is 29.7 Å². The molecule has 0 radical (unpaired) electrons. The van der Waals surface area contributed by atoms with E-state index in [9.17, 15) is 5.26 Å². The second-order valence-electron chi connectivity index (χ2n) is 8.45. The monoisotopic (exact) mass is 412 g/mol. The van der Waals surface area contributed by atoms with Gasteiger partial charge in [-0.1, -0.05) is 60.7 Å². The van der Waals surface area contributed by atoms with Crippen molar-refractivity contribution in [3.05, 3.63) is 71.8 Å². The lowest BCUT2D eigenvalue weighted by Gasteiger charge is -2.41. The highest BCUT2D eigenvalue weighted by molar-refractivity contribution is 5.85. The predicted octanol–water partition coefficient (Wildman–Crippen LogP) is 5.96.